The first kappa shape index (κ1) is 24.3. The molecule has 0 aromatic heterocycles. The van der Waals surface area contributed by atoms with Crippen molar-refractivity contribution in [2.24, 2.45) is 0 Å². The Kier molecular flexibility index (Phi) is 8.52. The van der Waals surface area contributed by atoms with Crippen molar-refractivity contribution < 1.29 is 22.9 Å². The van der Waals surface area contributed by atoms with Crippen molar-refractivity contribution in [1.29, 1.82) is 0 Å². The zero-order valence-electron chi connectivity index (χ0n) is 17.8. The normalized spacial score (nSPS) is 11.4. The van der Waals surface area contributed by atoms with E-state index in [1.54, 1.807) is 26.0 Å². The summed E-state index contributed by atoms with van der Waals surface area (Å²) in [4.78, 5) is 22.7. The molecular formula is C21H27N3O6S. The van der Waals surface area contributed by atoms with E-state index in [2.05, 4.69) is 12.2 Å². The molecule has 0 atom stereocenters. The second kappa shape index (κ2) is 10.9. The Morgan fingerprint density at radius 3 is 2.29 bits per heavy atom. The third-order valence-electron chi connectivity index (χ3n) is 4.61. The van der Waals surface area contributed by atoms with E-state index in [4.69, 9.17) is 4.74 Å². The molecule has 2 aromatic rings. The van der Waals surface area contributed by atoms with Gasteiger partial charge in [-0.2, -0.15) is 4.31 Å². The molecule has 2 rings (SSSR count). The summed E-state index contributed by atoms with van der Waals surface area (Å²) in [6.45, 7) is 5.47. The number of nitrogens with one attached hydrogen (secondary N) is 1. The third-order valence-corrected chi connectivity index (χ3v) is 6.65. The molecule has 0 aliphatic rings. The van der Waals surface area contributed by atoms with Gasteiger partial charge in [-0.15, -0.1) is 0 Å². The Morgan fingerprint density at radius 1 is 1.10 bits per heavy atom. The summed E-state index contributed by atoms with van der Waals surface area (Å²) < 4.78 is 31.7. The number of nitro groups is 1. The van der Waals surface area contributed by atoms with Gasteiger partial charge in [-0.3, -0.25) is 14.9 Å². The average molecular weight is 450 g/mol. The lowest BCUT2D eigenvalue weighted by atomic mass is 10.1. The number of carbonyl (C=O) groups excluding carboxylic acids is 1. The molecule has 0 radical (unpaired) electrons. The van der Waals surface area contributed by atoms with Crippen molar-refractivity contribution in [1.82, 2.24) is 4.31 Å². The highest BCUT2D eigenvalue weighted by molar-refractivity contribution is 7.89. The number of carbonyl (C=O) groups is 1. The van der Waals surface area contributed by atoms with E-state index in [1.807, 2.05) is 12.1 Å². The number of sulfonamides is 1. The maximum atomic E-state index is 12.6. The molecule has 0 bridgehead atoms. The fourth-order valence-electron chi connectivity index (χ4n) is 3.02. The van der Waals surface area contributed by atoms with Crippen LogP contribution in [0.5, 0.6) is 5.75 Å². The summed E-state index contributed by atoms with van der Waals surface area (Å²) in [6, 6.07) is 10.8. The van der Waals surface area contributed by atoms with E-state index in [9.17, 15) is 23.3 Å². The van der Waals surface area contributed by atoms with E-state index in [1.165, 1.54) is 16.4 Å². The van der Waals surface area contributed by atoms with Crippen LogP contribution in [0.25, 0.3) is 0 Å². The highest BCUT2D eigenvalue weighted by atomic mass is 32.2. The van der Waals surface area contributed by atoms with Crippen molar-refractivity contribution >= 4 is 27.3 Å². The predicted octanol–water partition coefficient (Wildman–Crippen LogP) is 3.60. The lowest BCUT2D eigenvalue weighted by Crippen LogP contribution is -2.30. The monoisotopic (exact) mass is 449 g/mol. The van der Waals surface area contributed by atoms with E-state index in [0.717, 1.165) is 24.5 Å². The van der Waals surface area contributed by atoms with Gasteiger partial charge in [0.1, 0.15) is 0 Å². The van der Waals surface area contributed by atoms with Crippen molar-refractivity contribution in [2.45, 2.75) is 38.5 Å². The first-order valence-corrected chi connectivity index (χ1v) is 11.5. The Hall–Kier alpha value is -2.98. The summed E-state index contributed by atoms with van der Waals surface area (Å²) in [7, 11) is -3.86. The largest absolute Gasteiger partial charge is 0.477 e. The summed E-state index contributed by atoms with van der Waals surface area (Å²) in [5, 5.41) is 14.1. The number of nitro benzene ring substituents is 1. The zero-order chi connectivity index (χ0) is 23.0. The average Bonchev–Trinajstić information content (AvgIpc) is 2.74. The fourth-order valence-corrected chi connectivity index (χ4v) is 4.50. The molecule has 1 N–H and O–H groups in total. The Labute approximate surface area is 182 Å². The molecule has 0 saturated carbocycles. The van der Waals surface area contributed by atoms with Crippen LogP contribution in [0.4, 0.5) is 11.4 Å². The van der Waals surface area contributed by atoms with Crippen LogP contribution in [0.15, 0.2) is 47.4 Å². The van der Waals surface area contributed by atoms with Gasteiger partial charge in [-0.05, 0) is 36.2 Å². The van der Waals surface area contributed by atoms with Crippen molar-refractivity contribution in [3.05, 3.63) is 58.1 Å². The van der Waals surface area contributed by atoms with E-state index in [-0.39, 0.29) is 23.7 Å². The molecule has 0 heterocycles. The highest BCUT2D eigenvalue weighted by Gasteiger charge is 2.26. The minimum atomic E-state index is -3.86. The molecule has 0 saturated heterocycles. The molecule has 9 nitrogen and oxygen atoms in total. The minimum Gasteiger partial charge on any atom is -0.477 e. The van der Waals surface area contributed by atoms with Crippen LogP contribution >= 0.6 is 0 Å². The quantitative estimate of drug-likeness (QED) is 0.414. The number of hydrogen-bond acceptors (Lipinski definition) is 6. The lowest BCUT2D eigenvalue weighted by molar-refractivity contribution is -0.386. The Morgan fingerprint density at radius 2 is 1.74 bits per heavy atom. The summed E-state index contributed by atoms with van der Waals surface area (Å²) in [5.41, 5.74) is 1.22. The third kappa shape index (κ3) is 6.25. The predicted molar refractivity (Wildman–Crippen MR) is 118 cm³/mol. The number of aryl methyl sites for hydroxylation is 1. The first-order valence-electron chi connectivity index (χ1n) is 10.0. The molecule has 0 spiro atoms. The second-order valence-corrected chi connectivity index (χ2v) is 8.70. The summed E-state index contributed by atoms with van der Waals surface area (Å²) in [5.74, 6) is -0.672. The van der Waals surface area contributed by atoms with Crippen LogP contribution in [0.1, 0.15) is 32.8 Å². The number of anilines is 1. The molecule has 2 aromatic carbocycles. The zero-order valence-corrected chi connectivity index (χ0v) is 18.6. The van der Waals surface area contributed by atoms with E-state index < -0.39 is 33.1 Å². The maximum Gasteiger partial charge on any atom is 0.312 e. The maximum absolute atomic E-state index is 12.6. The minimum absolute atomic E-state index is 0.183. The molecule has 0 fully saturated rings. The molecule has 1 amide bonds. The fraction of sp³-hybridized carbons (Fsp3) is 0.381. The van der Waals surface area contributed by atoms with Crippen LogP contribution in [-0.2, 0) is 21.2 Å². The van der Waals surface area contributed by atoms with Gasteiger partial charge in [0.2, 0.25) is 10.0 Å². The Balaban J connectivity index is 2.12. The van der Waals surface area contributed by atoms with Crippen LogP contribution in [0.3, 0.4) is 0 Å². The van der Waals surface area contributed by atoms with E-state index in [0.29, 0.717) is 5.69 Å². The van der Waals surface area contributed by atoms with Gasteiger partial charge in [-0.1, -0.05) is 39.3 Å². The molecule has 168 valence electrons. The molecule has 0 aliphatic heterocycles. The number of amides is 1. The number of ether oxygens (including phenoxy) is 1. The number of nitrogens with zero attached hydrogens (tertiary/aromatic N) is 2. The van der Waals surface area contributed by atoms with Gasteiger partial charge < -0.3 is 10.1 Å². The van der Waals surface area contributed by atoms with Gasteiger partial charge in [-0.25, -0.2) is 8.42 Å². The Bertz CT molecular complexity index is 1020. The second-order valence-electron chi connectivity index (χ2n) is 6.76. The lowest BCUT2D eigenvalue weighted by Gasteiger charge is -2.18. The van der Waals surface area contributed by atoms with Crippen LogP contribution < -0.4 is 10.1 Å². The van der Waals surface area contributed by atoms with Crippen LogP contribution in [0.2, 0.25) is 0 Å². The van der Waals surface area contributed by atoms with Crippen LogP contribution in [-0.4, -0.2) is 43.2 Å². The van der Waals surface area contributed by atoms with Gasteiger partial charge in [0.25, 0.3) is 5.91 Å². The number of rotatable bonds is 11. The van der Waals surface area contributed by atoms with Crippen molar-refractivity contribution in [2.75, 3.05) is 25.0 Å². The van der Waals surface area contributed by atoms with E-state index >= 15 is 0 Å². The number of benzene rings is 2. The number of hydrogen-bond donors (Lipinski definition) is 1. The molecule has 0 aliphatic carbocycles. The standard InChI is InChI=1S/C21H27N3O6S/c1-4-7-16-8-10-17(11-9-16)22-21(25)15-30-20-13-12-18(14-19(20)24(26)27)31(28,29)23(5-2)6-3/h8-14H,4-7,15H2,1-3H3,(H,22,25). The molecule has 10 heteroatoms. The van der Waals surface area contributed by atoms with Gasteiger partial charge >= 0.3 is 5.69 Å². The molecular weight excluding hydrogens is 422 g/mol. The molecule has 0 unspecified atom stereocenters. The summed E-state index contributed by atoms with van der Waals surface area (Å²) in [6.07, 6.45) is 1.97. The topological polar surface area (TPSA) is 119 Å². The smallest absolute Gasteiger partial charge is 0.312 e. The van der Waals surface area contributed by atoms with Crippen LogP contribution in [0, 0.1) is 10.1 Å². The first-order chi connectivity index (χ1) is 14.7. The summed E-state index contributed by atoms with van der Waals surface area (Å²) >= 11 is 0. The van der Waals surface area contributed by atoms with Crippen molar-refractivity contribution in [3.8, 4) is 5.75 Å². The molecule has 31 heavy (non-hydrogen) atoms. The van der Waals surface area contributed by atoms with Gasteiger partial charge in [0, 0.05) is 24.8 Å². The SMILES string of the molecule is CCCc1ccc(NC(=O)COc2ccc(S(=O)(=O)N(CC)CC)cc2[N+](=O)[O-])cc1. The van der Waals surface area contributed by atoms with Crippen molar-refractivity contribution in [3.63, 3.8) is 0 Å². The highest BCUT2D eigenvalue weighted by Crippen LogP contribution is 2.31. The van der Waals surface area contributed by atoms with Gasteiger partial charge in [0.15, 0.2) is 12.4 Å². The van der Waals surface area contributed by atoms with Gasteiger partial charge in [0.05, 0.1) is 9.82 Å².